The Morgan fingerprint density at radius 3 is 2.00 bits per heavy atom. The van der Waals surface area contributed by atoms with Crippen molar-refractivity contribution in [3.05, 3.63) is 88.5 Å². The Bertz CT molecular complexity index is 1330. The van der Waals surface area contributed by atoms with E-state index in [0.29, 0.717) is 6.42 Å². The van der Waals surface area contributed by atoms with Gasteiger partial charge in [0, 0.05) is 11.1 Å². The van der Waals surface area contributed by atoms with E-state index in [1.165, 1.54) is 42.5 Å². The van der Waals surface area contributed by atoms with Gasteiger partial charge in [-0.1, -0.05) is 50.5 Å². The highest BCUT2D eigenvalue weighted by molar-refractivity contribution is 5.84. The van der Waals surface area contributed by atoms with Crippen molar-refractivity contribution in [1.82, 2.24) is 0 Å². The zero-order valence-corrected chi connectivity index (χ0v) is 24.1. The number of nitrogens with one attached hydrogen (secondary N) is 1. The number of benzene rings is 3. The zero-order valence-electron chi connectivity index (χ0n) is 24.1. The van der Waals surface area contributed by atoms with Crippen LogP contribution in [0.5, 0.6) is 11.5 Å². The number of carbonyl (C=O) groups is 1. The SMILES string of the molecule is CCC(COc1ccc(C2(c3ccc(OC)c(C)c3)CCCCC2)cc1C)OC(=O)Nc1ccc(C(F)(F)F)cc1. The predicted octanol–water partition coefficient (Wildman–Crippen LogP) is 8.99. The van der Waals surface area contributed by atoms with Gasteiger partial charge in [-0.25, -0.2) is 4.79 Å². The molecule has 41 heavy (non-hydrogen) atoms. The number of methoxy groups -OCH3 is 1. The quantitative estimate of drug-likeness (QED) is 0.279. The molecule has 1 amide bonds. The first kappa shape index (κ1) is 30.3. The molecule has 0 radical (unpaired) electrons. The van der Waals surface area contributed by atoms with Gasteiger partial charge in [0.05, 0.1) is 12.7 Å². The smallest absolute Gasteiger partial charge is 0.416 e. The summed E-state index contributed by atoms with van der Waals surface area (Å²) in [5.41, 5.74) is 4.07. The Labute approximate surface area is 240 Å². The number of alkyl halides is 3. The Morgan fingerprint density at radius 1 is 0.902 bits per heavy atom. The highest BCUT2D eigenvalue weighted by Crippen LogP contribution is 2.46. The summed E-state index contributed by atoms with van der Waals surface area (Å²) in [6.45, 7) is 6.13. The summed E-state index contributed by atoms with van der Waals surface area (Å²) in [7, 11) is 1.69. The average Bonchev–Trinajstić information content (AvgIpc) is 2.95. The molecule has 1 atom stereocenters. The van der Waals surface area contributed by atoms with Gasteiger partial charge in [-0.05, 0) is 91.8 Å². The Morgan fingerprint density at radius 2 is 1.49 bits per heavy atom. The summed E-state index contributed by atoms with van der Waals surface area (Å²) < 4.78 is 55.4. The van der Waals surface area contributed by atoms with Gasteiger partial charge in [0.15, 0.2) is 0 Å². The molecule has 4 rings (SSSR count). The van der Waals surface area contributed by atoms with Crippen molar-refractivity contribution in [3.8, 4) is 11.5 Å². The highest BCUT2D eigenvalue weighted by Gasteiger charge is 2.36. The van der Waals surface area contributed by atoms with Gasteiger partial charge in [0.25, 0.3) is 0 Å². The Balaban J connectivity index is 1.42. The summed E-state index contributed by atoms with van der Waals surface area (Å²) in [4.78, 5) is 12.4. The van der Waals surface area contributed by atoms with Gasteiger partial charge in [-0.15, -0.1) is 0 Å². The van der Waals surface area contributed by atoms with Crippen LogP contribution in [0.25, 0.3) is 0 Å². The summed E-state index contributed by atoms with van der Waals surface area (Å²) in [6.07, 6.45) is 0.539. The molecule has 0 aliphatic heterocycles. The fraction of sp³-hybridized carbons (Fsp3) is 0.424. The largest absolute Gasteiger partial charge is 0.496 e. The zero-order chi connectivity index (χ0) is 29.6. The molecule has 3 aromatic rings. The lowest BCUT2D eigenvalue weighted by atomic mass is 9.65. The normalized spacial score (nSPS) is 15.6. The molecule has 220 valence electrons. The van der Waals surface area contributed by atoms with Crippen LogP contribution in [0.15, 0.2) is 60.7 Å². The van der Waals surface area contributed by atoms with Crippen molar-refractivity contribution < 1.29 is 32.2 Å². The predicted molar refractivity (Wildman–Crippen MR) is 154 cm³/mol. The number of amides is 1. The van der Waals surface area contributed by atoms with Gasteiger partial charge < -0.3 is 14.2 Å². The maximum Gasteiger partial charge on any atom is 0.416 e. The molecule has 8 heteroatoms. The fourth-order valence-corrected chi connectivity index (χ4v) is 5.64. The number of aryl methyl sites for hydroxylation is 2. The van der Waals surface area contributed by atoms with Crippen molar-refractivity contribution in [2.24, 2.45) is 0 Å². The lowest BCUT2D eigenvalue weighted by Gasteiger charge is -2.39. The van der Waals surface area contributed by atoms with Crippen molar-refractivity contribution >= 4 is 11.8 Å². The average molecular weight is 570 g/mol. The second kappa shape index (κ2) is 12.9. The molecule has 3 aromatic carbocycles. The van der Waals surface area contributed by atoms with Crippen LogP contribution in [0, 0.1) is 13.8 Å². The topological polar surface area (TPSA) is 56.8 Å². The molecule has 0 bridgehead atoms. The number of hydrogen-bond acceptors (Lipinski definition) is 4. The highest BCUT2D eigenvalue weighted by atomic mass is 19.4. The van der Waals surface area contributed by atoms with E-state index in [4.69, 9.17) is 14.2 Å². The second-order valence-electron chi connectivity index (χ2n) is 10.8. The molecular formula is C33H38F3NO4. The third-order valence-corrected chi connectivity index (χ3v) is 7.99. The maximum absolute atomic E-state index is 12.8. The molecule has 1 unspecified atom stereocenters. The number of rotatable bonds is 9. The van der Waals surface area contributed by atoms with Crippen LogP contribution in [-0.2, 0) is 16.3 Å². The van der Waals surface area contributed by atoms with Crippen LogP contribution in [0.4, 0.5) is 23.7 Å². The van der Waals surface area contributed by atoms with Gasteiger partial charge in [-0.2, -0.15) is 13.2 Å². The van der Waals surface area contributed by atoms with Crippen LogP contribution in [0.1, 0.15) is 73.3 Å². The Hall–Kier alpha value is -3.68. The Kier molecular flexibility index (Phi) is 9.51. The molecule has 0 heterocycles. The number of carbonyl (C=O) groups excluding carboxylic acids is 1. The molecule has 1 aliphatic carbocycles. The second-order valence-corrected chi connectivity index (χ2v) is 10.8. The van der Waals surface area contributed by atoms with Gasteiger partial charge in [-0.3, -0.25) is 5.32 Å². The summed E-state index contributed by atoms with van der Waals surface area (Å²) in [6, 6.07) is 17.1. The van der Waals surface area contributed by atoms with E-state index in [1.54, 1.807) is 7.11 Å². The van der Waals surface area contributed by atoms with E-state index in [-0.39, 0.29) is 17.7 Å². The third-order valence-electron chi connectivity index (χ3n) is 7.99. The molecule has 0 spiro atoms. The van der Waals surface area contributed by atoms with Gasteiger partial charge in [0.2, 0.25) is 0 Å². The van der Waals surface area contributed by atoms with Crippen LogP contribution >= 0.6 is 0 Å². The monoisotopic (exact) mass is 569 g/mol. The van der Waals surface area contributed by atoms with Crippen molar-refractivity contribution in [3.63, 3.8) is 0 Å². The third kappa shape index (κ3) is 7.16. The molecule has 1 N–H and O–H groups in total. The lowest BCUT2D eigenvalue weighted by molar-refractivity contribution is -0.137. The minimum absolute atomic E-state index is 0.0654. The minimum Gasteiger partial charge on any atom is -0.496 e. The first-order valence-electron chi connectivity index (χ1n) is 14.1. The van der Waals surface area contributed by atoms with E-state index >= 15 is 0 Å². The number of anilines is 1. The minimum atomic E-state index is -4.44. The molecule has 0 saturated heterocycles. The first-order chi connectivity index (χ1) is 19.6. The van der Waals surface area contributed by atoms with Crippen molar-refractivity contribution in [2.75, 3.05) is 19.0 Å². The van der Waals surface area contributed by atoms with Gasteiger partial charge in [0.1, 0.15) is 24.2 Å². The van der Waals surface area contributed by atoms with Crippen LogP contribution < -0.4 is 14.8 Å². The van der Waals surface area contributed by atoms with Crippen LogP contribution in [-0.4, -0.2) is 25.9 Å². The number of halogens is 3. The first-order valence-corrected chi connectivity index (χ1v) is 14.1. The van der Waals surface area contributed by atoms with E-state index in [1.807, 2.05) is 19.9 Å². The summed E-state index contributed by atoms with van der Waals surface area (Å²) in [5, 5.41) is 2.48. The molecule has 0 aromatic heterocycles. The van der Waals surface area contributed by atoms with Crippen LogP contribution in [0.2, 0.25) is 0 Å². The summed E-state index contributed by atoms with van der Waals surface area (Å²) in [5.74, 6) is 1.61. The van der Waals surface area contributed by atoms with E-state index < -0.39 is 23.9 Å². The lowest BCUT2D eigenvalue weighted by Crippen LogP contribution is -2.31. The molecule has 1 aliphatic rings. The fourth-order valence-electron chi connectivity index (χ4n) is 5.64. The number of hydrogen-bond donors (Lipinski definition) is 1. The van der Waals surface area contributed by atoms with Gasteiger partial charge >= 0.3 is 12.3 Å². The maximum atomic E-state index is 12.8. The van der Waals surface area contributed by atoms with E-state index in [9.17, 15) is 18.0 Å². The van der Waals surface area contributed by atoms with Crippen LogP contribution in [0.3, 0.4) is 0 Å². The number of ether oxygens (including phenoxy) is 3. The molecule has 5 nitrogen and oxygen atoms in total. The molecule has 1 fully saturated rings. The molecular weight excluding hydrogens is 531 g/mol. The molecule has 1 saturated carbocycles. The van der Waals surface area contributed by atoms with Crippen molar-refractivity contribution in [1.29, 1.82) is 0 Å². The summed E-state index contributed by atoms with van der Waals surface area (Å²) >= 11 is 0. The van der Waals surface area contributed by atoms with Crippen molar-refractivity contribution in [2.45, 2.75) is 77.0 Å². The van der Waals surface area contributed by atoms with E-state index in [0.717, 1.165) is 47.6 Å². The van der Waals surface area contributed by atoms with E-state index in [2.05, 4.69) is 42.6 Å². The standard InChI is InChI=1S/C33H38F3NO4/c1-5-28(41-31(38)37-27-13-9-24(10-14-27)33(34,35)36)21-40-30-16-12-26(20-23(30)3)32(17-7-6-8-18-32)25-11-15-29(39-4)22(2)19-25/h9-16,19-20,28H,5-8,17-18,21H2,1-4H3,(H,37,38).